The van der Waals surface area contributed by atoms with E-state index in [1.807, 2.05) is 6.08 Å². The predicted octanol–water partition coefficient (Wildman–Crippen LogP) is 1.72. The van der Waals surface area contributed by atoms with Crippen LogP contribution in [0.15, 0.2) is 70.8 Å². The second-order valence-corrected chi connectivity index (χ2v) is 11.0. The number of aromatic hydroxyl groups is 1. The van der Waals surface area contributed by atoms with Gasteiger partial charge in [0.2, 0.25) is 17.6 Å². The second-order valence-electron chi connectivity index (χ2n) is 11.0. The highest BCUT2D eigenvalue weighted by Crippen LogP contribution is 2.56. The molecule has 11 heteroatoms. The molecule has 1 fully saturated rings. The summed E-state index contributed by atoms with van der Waals surface area (Å²) in [6, 6.07) is 9.15. The fourth-order valence-corrected chi connectivity index (χ4v) is 6.90. The van der Waals surface area contributed by atoms with Gasteiger partial charge in [0.1, 0.15) is 0 Å². The smallest absolute Gasteiger partial charge is 0.488 e. The molecule has 2 amide bonds. The fraction of sp³-hybridized carbons (Fsp3) is 0.290. The molecular formula is C31H28BNO9. The maximum atomic E-state index is 14.0. The lowest BCUT2D eigenvalue weighted by molar-refractivity contribution is -0.123. The molecule has 4 atom stereocenters. The van der Waals surface area contributed by atoms with E-state index in [1.54, 1.807) is 25.1 Å². The number of carbonyl (C=O) groups excluding carboxylic acids is 4. The lowest BCUT2D eigenvalue weighted by atomic mass is 9.59. The quantitative estimate of drug-likeness (QED) is 0.212. The largest absolute Gasteiger partial charge is 0.502 e. The van der Waals surface area contributed by atoms with Crippen molar-refractivity contribution in [3.8, 4) is 17.2 Å². The van der Waals surface area contributed by atoms with Gasteiger partial charge < -0.3 is 24.6 Å². The number of methoxy groups -OCH3 is 2. The van der Waals surface area contributed by atoms with E-state index in [4.69, 9.17) is 9.47 Å². The number of anilines is 1. The summed E-state index contributed by atoms with van der Waals surface area (Å²) < 4.78 is 10.8. The van der Waals surface area contributed by atoms with Crippen LogP contribution in [0.1, 0.15) is 31.2 Å². The molecule has 42 heavy (non-hydrogen) atoms. The first kappa shape index (κ1) is 27.7. The van der Waals surface area contributed by atoms with E-state index in [0.29, 0.717) is 22.3 Å². The number of nitrogens with zero attached hydrogens (tertiary/aromatic N) is 1. The van der Waals surface area contributed by atoms with Gasteiger partial charge in [0, 0.05) is 22.6 Å². The van der Waals surface area contributed by atoms with Gasteiger partial charge in [-0.15, -0.1) is 0 Å². The predicted molar refractivity (Wildman–Crippen MR) is 151 cm³/mol. The standard InChI is InChI=1S/C31H28BNO9/c1-14-9-22(34)21-13-20-18(25(27(21)28(14)35)15-10-23(41-2)29(36)24(11-15)42-3)7-8-19-26(20)31(38)33(30(19)37)17-6-4-5-16(12-17)32(39)40/h4-7,9-12,19-20,25-26,36,39-40H,8,13H2,1-3H3. The number of phenolic OH excluding ortho intramolecular Hbond substituents is 1. The molecule has 0 radical (unpaired) electrons. The molecule has 0 spiro atoms. The van der Waals surface area contributed by atoms with E-state index in [-0.39, 0.29) is 52.8 Å². The zero-order valence-corrected chi connectivity index (χ0v) is 23.2. The minimum atomic E-state index is -1.77. The van der Waals surface area contributed by atoms with Crippen molar-refractivity contribution in [2.45, 2.75) is 25.7 Å². The molecule has 0 saturated carbocycles. The molecule has 6 rings (SSSR count). The lowest BCUT2D eigenvalue weighted by Gasteiger charge is -2.42. The van der Waals surface area contributed by atoms with Crippen LogP contribution < -0.4 is 19.8 Å². The van der Waals surface area contributed by atoms with E-state index in [9.17, 15) is 34.3 Å². The summed E-state index contributed by atoms with van der Waals surface area (Å²) in [7, 11) is 1.01. The summed E-state index contributed by atoms with van der Waals surface area (Å²) in [5.41, 5.74) is 2.56. The molecule has 3 aliphatic carbocycles. The molecular weight excluding hydrogens is 541 g/mol. The number of amides is 2. The summed E-state index contributed by atoms with van der Waals surface area (Å²) in [6.07, 6.45) is 3.55. The van der Waals surface area contributed by atoms with Gasteiger partial charge in [-0.2, -0.15) is 0 Å². The van der Waals surface area contributed by atoms with Gasteiger partial charge in [-0.05, 0) is 67.1 Å². The van der Waals surface area contributed by atoms with E-state index >= 15 is 0 Å². The molecule has 2 aromatic rings. The minimum Gasteiger partial charge on any atom is -0.502 e. The van der Waals surface area contributed by atoms with Crippen LogP contribution in [0.4, 0.5) is 5.69 Å². The Hall–Kier alpha value is -4.48. The molecule has 2 aromatic carbocycles. The van der Waals surface area contributed by atoms with E-state index < -0.39 is 42.6 Å². The summed E-state index contributed by atoms with van der Waals surface area (Å²) in [4.78, 5) is 55.7. The number of imide groups is 1. The first-order valence-corrected chi connectivity index (χ1v) is 13.6. The van der Waals surface area contributed by atoms with Gasteiger partial charge in [0.25, 0.3) is 0 Å². The number of allylic oxidation sites excluding steroid dienone is 6. The molecule has 0 bridgehead atoms. The zero-order chi connectivity index (χ0) is 30.0. The monoisotopic (exact) mass is 569 g/mol. The maximum Gasteiger partial charge on any atom is 0.488 e. The first-order chi connectivity index (χ1) is 20.1. The Kier molecular flexibility index (Phi) is 6.66. The number of hydrogen-bond acceptors (Lipinski definition) is 9. The van der Waals surface area contributed by atoms with Gasteiger partial charge in [-0.1, -0.05) is 23.8 Å². The number of rotatable bonds is 5. The van der Waals surface area contributed by atoms with Crippen LogP contribution in [0.3, 0.4) is 0 Å². The third-order valence-electron chi connectivity index (χ3n) is 8.83. The van der Waals surface area contributed by atoms with Crippen LogP contribution in [-0.2, 0) is 19.2 Å². The Morgan fingerprint density at radius 3 is 2.29 bits per heavy atom. The normalized spacial score (nSPS) is 25.0. The summed E-state index contributed by atoms with van der Waals surface area (Å²) in [5.74, 6) is -4.22. The third kappa shape index (κ3) is 4.03. The molecule has 1 heterocycles. The van der Waals surface area contributed by atoms with Gasteiger partial charge in [0.15, 0.2) is 23.1 Å². The summed E-state index contributed by atoms with van der Waals surface area (Å²) in [6.45, 7) is 1.59. The third-order valence-corrected chi connectivity index (χ3v) is 8.83. The van der Waals surface area contributed by atoms with Crippen molar-refractivity contribution < 1.29 is 43.8 Å². The second kappa shape index (κ2) is 10.1. The number of fused-ring (bicyclic) bond motifs is 3. The summed E-state index contributed by atoms with van der Waals surface area (Å²) in [5, 5.41) is 29.9. The SMILES string of the molecule is COc1cc(C2C3=CCC4C(=O)N(c5cccc(B(O)O)c5)C(=O)C4C3CC3=C2C(=O)C(C)=CC3=O)cc(OC)c1O. The molecule has 1 saturated heterocycles. The topological polar surface area (TPSA) is 151 Å². The van der Waals surface area contributed by atoms with Crippen molar-refractivity contribution in [1.29, 1.82) is 0 Å². The van der Waals surface area contributed by atoms with Crippen LogP contribution >= 0.6 is 0 Å². The minimum absolute atomic E-state index is 0.113. The van der Waals surface area contributed by atoms with Crippen molar-refractivity contribution in [1.82, 2.24) is 0 Å². The molecule has 10 nitrogen and oxygen atoms in total. The Balaban J connectivity index is 1.50. The average Bonchev–Trinajstić information content (AvgIpc) is 3.24. The molecule has 4 unspecified atom stereocenters. The number of hydrogen-bond donors (Lipinski definition) is 3. The molecule has 3 N–H and O–H groups in total. The lowest BCUT2D eigenvalue weighted by Crippen LogP contribution is -2.40. The van der Waals surface area contributed by atoms with Gasteiger partial charge in [-0.25, -0.2) is 0 Å². The van der Waals surface area contributed by atoms with Gasteiger partial charge >= 0.3 is 7.12 Å². The highest BCUT2D eigenvalue weighted by molar-refractivity contribution is 6.58. The number of Topliss-reactive ketones (excluding diaryl/α,β-unsaturated/α-hetero) is 1. The Morgan fingerprint density at radius 2 is 1.64 bits per heavy atom. The van der Waals surface area contributed by atoms with Crippen LogP contribution in [0.5, 0.6) is 17.2 Å². The summed E-state index contributed by atoms with van der Waals surface area (Å²) >= 11 is 0. The van der Waals surface area contributed by atoms with Crippen LogP contribution in [0.25, 0.3) is 0 Å². The molecule has 4 aliphatic rings. The van der Waals surface area contributed by atoms with Gasteiger partial charge in [-0.3, -0.25) is 24.1 Å². The van der Waals surface area contributed by atoms with E-state index in [1.165, 1.54) is 38.5 Å². The van der Waals surface area contributed by atoms with Crippen LogP contribution in [0, 0.1) is 17.8 Å². The molecule has 1 aliphatic heterocycles. The zero-order valence-electron chi connectivity index (χ0n) is 23.2. The first-order valence-electron chi connectivity index (χ1n) is 13.6. The number of carbonyl (C=O) groups is 4. The highest BCUT2D eigenvalue weighted by atomic mass is 16.5. The number of ketones is 2. The van der Waals surface area contributed by atoms with Crippen molar-refractivity contribution in [3.63, 3.8) is 0 Å². The molecule has 214 valence electrons. The fourth-order valence-electron chi connectivity index (χ4n) is 6.90. The van der Waals surface area contributed by atoms with Crippen molar-refractivity contribution >= 4 is 41.6 Å². The highest BCUT2D eigenvalue weighted by Gasteiger charge is 2.56. The Morgan fingerprint density at radius 1 is 0.952 bits per heavy atom. The van der Waals surface area contributed by atoms with E-state index in [0.717, 1.165) is 10.5 Å². The van der Waals surface area contributed by atoms with Crippen LogP contribution in [-0.4, -0.2) is 59.9 Å². The number of phenols is 1. The Bertz CT molecular complexity index is 1640. The van der Waals surface area contributed by atoms with E-state index in [2.05, 4.69) is 0 Å². The average molecular weight is 569 g/mol. The van der Waals surface area contributed by atoms with Crippen molar-refractivity contribution in [2.75, 3.05) is 19.1 Å². The van der Waals surface area contributed by atoms with Crippen molar-refractivity contribution in [2.24, 2.45) is 17.8 Å². The number of benzene rings is 2. The number of ether oxygens (including phenoxy) is 2. The van der Waals surface area contributed by atoms with Crippen molar-refractivity contribution in [3.05, 3.63) is 76.4 Å². The molecule has 0 aromatic heterocycles. The Labute approximate surface area is 241 Å². The van der Waals surface area contributed by atoms with Crippen LogP contribution in [0.2, 0.25) is 0 Å². The van der Waals surface area contributed by atoms with Gasteiger partial charge in [0.05, 0.1) is 31.7 Å². The maximum absolute atomic E-state index is 14.0.